The lowest BCUT2D eigenvalue weighted by atomic mass is 9.97. The lowest BCUT2D eigenvalue weighted by Gasteiger charge is -2.31. The quantitative estimate of drug-likeness (QED) is 0.644. The van der Waals surface area contributed by atoms with Gasteiger partial charge >= 0.3 is 6.09 Å². The third-order valence-corrected chi connectivity index (χ3v) is 3.70. The molecule has 1 fully saturated rings. The number of hydrogen-bond donors (Lipinski definition) is 1. The van der Waals surface area contributed by atoms with Crippen LogP contribution in [-0.2, 0) is 16.2 Å². The predicted octanol–water partition coefficient (Wildman–Crippen LogP) is 3.00. The van der Waals surface area contributed by atoms with Crippen molar-refractivity contribution in [3.63, 3.8) is 0 Å². The number of amides is 1. The molecule has 0 spiro atoms. The topological polar surface area (TPSA) is 50.8 Å². The summed E-state index contributed by atoms with van der Waals surface area (Å²) in [5, 5.41) is 0. The van der Waals surface area contributed by atoms with E-state index >= 15 is 0 Å². The molecule has 1 aliphatic rings. The summed E-state index contributed by atoms with van der Waals surface area (Å²) in [6.45, 7) is 5.33. The number of nitrogens with zero attached hydrogens (tertiary/aromatic N) is 1. The molecule has 0 radical (unpaired) electrons. The van der Waals surface area contributed by atoms with Crippen LogP contribution in [0.15, 0.2) is 30.3 Å². The zero-order valence-electron chi connectivity index (χ0n) is 13.0. The van der Waals surface area contributed by atoms with E-state index < -0.39 is 0 Å². The number of rotatable bonds is 6. The van der Waals surface area contributed by atoms with E-state index in [2.05, 4.69) is 5.48 Å². The fourth-order valence-electron chi connectivity index (χ4n) is 2.41. The number of carbonyl (C=O) groups excluding carboxylic acids is 1. The van der Waals surface area contributed by atoms with E-state index in [0.29, 0.717) is 19.1 Å². The third kappa shape index (κ3) is 6.22. The highest BCUT2D eigenvalue weighted by Crippen LogP contribution is 2.17. The van der Waals surface area contributed by atoms with Gasteiger partial charge in [-0.2, -0.15) is 0 Å². The Morgan fingerprint density at radius 3 is 2.59 bits per heavy atom. The van der Waals surface area contributed by atoms with Gasteiger partial charge in [-0.15, -0.1) is 12.4 Å². The minimum absolute atomic E-state index is 0. The first-order valence-electron chi connectivity index (χ1n) is 7.60. The number of hydrogen-bond acceptors (Lipinski definition) is 4. The van der Waals surface area contributed by atoms with Crippen LogP contribution >= 0.6 is 12.4 Å². The Morgan fingerprint density at radius 1 is 1.27 bits per heavy atom. The van der Waals surface area contributed by atoms with Gasteiger partial charge in [0, 0.05) is 19.6 Å². The molecule has 0 unspecified atom stereocenters. The van der Waals surface area contributed by atoms with E-state index in [0.717, 1.165) is 38.0 Å². The molecular weight excluding hydrogens is 304 g/mol. The predicted molar refractivity (Wildman–Crippen MR) is 87.8 cm³/mol. The van der Waals surface area contributed by atoms with Crippen LogP contribution in [0.5, 0.6) is 0 Å². The van der Waals surface area contributed by atoms with Gasteiger partial charge in [-0.3, -0.25) is 0 Å². The van der Waals surface area contributed by atoms with E-state index in [1.54, 1.807) is 4.90 Å². The van der Waals surface area contributed by atoms with E-state index in [1.165, 1.54) is 0 Å². The van der Waals surface area contributed by atoms with Crippen LogP contribution in [0.3, 0.4) is 0 Å². The normalized spacial score (nSPS) is 15.2. The molecule has 1 aliphatic heterocycles. The highest BCUT2D eigenvalue weighted by atomic mass is 35.5. The molecule has 1 saturated heterocycles. The molecule has 0 aromatic heterocycles. The van der Waals surface area contributed by atoms with Crippen molar-refractivity contribution in [2.45, 2.75) is 26.4 Å². The van der Waals surface area contributed by atoms with E-state index in [1.807, 2.05) is 37.3 Å². The number of likely N-dealkylation sites (tertiary alicyclic amines) is 1. The second kappa shape index (κ2) is 10.4. The summed E-state index contributed by atoms with van der Waals surface area (Å²) in [6, 6.07) is 9.75. The van der Waals surface area contributed by atoms with Crippen LogP contribution < -0.4 is 5.48 Å². The van der Waals surface area contributed by atoms with Crippen molar-refractivity contribution in [1.82, 2.24) is 10.4 Å². The van der Waals surface area contributed by atoms with Crippen LogP contribution in [0.2, 0.25) is 0 Å². The molecule has 1 aromatic rings. The molecule has 0 aliphatic carbocycles. The highest BCUT2D eigenvalue weighted by Gasteiger charge is 2.23. The van der Waals surface area contributed by atoms with Crippen molar-refractivity contribution in [2.24, 2.45) is 5.92 Å². The lowest BCUT2D eigenvalue weighted by Crippen LogP contribution is -2.41. The molecule has 0 saturated carbocycles. The molecule has 5 nitrogen and oxygen atoms in total. The summed E-state index contributed by atoms with van der Waals surface area (Å²) in [6.07, 6.45) is 1.76. The Morgan fingerprint density at radius 2 is 1.95 bits per heavy atom. The number of benzene rings is 1. The minimum atomic E-state index is -0.213. The molecule has 0 atom stereocenters. The monoisotopic (exact) mass is 328 g/mol. The van der Waals surface area contributed by atoms with Crippen molar-refractivity contribution >= 4 is 18.5 Å². The average Bonchev–Trinajstić information content (AvgIpc) is 2.54. The lowest BCUT2D eigenvalue weighted by molar-refractivity contribution is 0.0313. The maximum atomic E-state index is 12.0. The Kier molecular flexibility index (Phi) is 8.89. The van der Waals surface area contributed by atoms with Crippen LogP contribution in [-0.4, -0.2) is 37.2 Å². The summed E-state index contributed by atoms with van der Waals surface area (Å²) in [4.78, 5) is 18.9. The summed E-state index contributed by atoms with van der Waals surface area (Å²) >= 11 is 0. The Labute approximate surface area is 138 Å². The van der Waals surface area contributed by atoms with Gasteiger partial charge in [-0.1, -0.05) is 30.3 Å². The number of hydroxylamine groups is 1. The number of ether oxygens (including phenoxy) is 1. The highest BCUT2D eigenvalue weighted by molar-refractivity contribution is 5.85. The Bertz CT molecular complexity index is 423. The zero-order chi connectivity index (χ0) is 14.9. The van der Waals surface area contributed by atoms with Crippen LogP contribution in [0.1, 0.15) is 25.3 Å². The van der Waals surface area contributed by atoms with Crippen molar-refractivity contribution < 1.29 is 14.4 Å². The third-order valence-electron chi connectivity index (χ3n) is 3.70. The van der Waals surface area contributed by atoms with Gasteiger partial charge in [0.05, 0.1) is 6.61 Å². The maximum absolute atomic E-state index is 12.0. The standard InChI is InChI=1S/C16H24N2O3.ClH/c1-2-21-17-12-14-8-10-18(11-9-14)16(19)20-13-15-6-4-3-5-7-15;/h3-7,14,17H,2,8-13H2,1H3;1H. The fourth-order valence-corrected chi connectivity index (χ4v) is 2.41. The molecule has 0 bridgehead atoms. The van der Waals surface area contributed by atoms with Crippen LogP contribution in [0, 0.1) is 5.92 Å². The van der Waals surface area contributed by atoms with Crippen LogP contribution in [0.4, 0.5) is 4.79 Å². The fraction of sp³-hybridized carbons (Fsp3) is 0.562. The summed E-state index contributed by atoms with van der Waals surface area (Å²) in [7, 11) is 0. The van der Waals surface area contributed by atoms with E-state index in [-0.39, 0.29) is 18.5 Å². The molecule has 6 heteroatoms. The number of piperidine rings is 1. The van der Waals surface area contributed by atoms with Gasteiger partial charge in [0.25, 0.3) is 0 Å². The van der Waals surface area contributed by atoms with Gasteiger partial charge in [-0.05, 0) is 31.2 Å². The number of halogens is 1. The van der Waals surface area contributed by atoms with E-state index in [9.17, 15) is 4.79 Å². The number of carbonyl (C=O) groups is 1. The average molecular weight is 329 g/mol. The molecule has 1 aromatic carbocycles. The first-order valence-corrected chi connectivity index (χ1v) is 7.60. The summed E-state index contributed by atoms with van der Waals surface area (Å²) < 4.78 is 5.35. The van der Waals surface area contributed by atoms with Gasteiger partial charge in [0.1, 0.15) is 6.61 Å². The van der Waals surface area contributed by atoms with Gasteiger partial charge in [0.15, 0.2) is 0 Å². The van der Waals surface area contributed by atoms with Gasteiger partial charge in [-0.25, -0.2) is 10.3 Å². The molecular formula is C16H25ClN2O3. The second-order valence-electron chi connectivity index (χ2n) is 5.25. The minimum Gasteiger partial charge on any atom is -0.445 e. The molecule has 1 heterocycles. The van der Waals surface area contributed by atoms with Crippen molar-refractivity contribution in [3.05, 3.63) is 35.9 Å². The first-order chi connectivity index (χ1) is 10.3. The van der Waals surface area contributed by atoms with Crippen molar-refractivity contribution in [3.8, 4) is 0 Å². The van der Waals surface area contributed by atoms with Gasteiger partial charge < -0.3 is 14.5 Å². The molecule has 22 heavy (non-hydrogen) atoms. The maximum Gasteiger partial charge on any atom is 0.410 e. The molecule has 124 valence electrons. The largest absolute Gasteiger partial charge is 0.445 e. The van der Waals surface area contributed by atoms with Crippen molar-refractivity contribution in [1.29, 1.82) is 0 Å². The van der Waals surface area contributed by atoms with Crippen LogP contribution in [0.25, 0.3) is 0 Å². The van der Waals surface area contributed by atoms with E-state index in [4.69, 9.17) is 9.57 Å². The molecule has 1 amide bonds. The summed E-state index contributed by atoms with van der Waals surface area (Å²) in [5.41, 5.74) is 3.98. The molecule has 2 rings (SSSR count). The Hall–Kier alpha value is -1.30. The van der Waals surface area contributed by atoms with Crippen molar-refractivity contribution in [2.75, 3.05) is 26.2 Å². The zero-order valence-corrected chi connectivity index (χ0v) is 13.8. The second-order valence-corrected chi connectivity index (χ2v) is 5.25. The number of nitrogens with one attached hydrogen (secondary N) is 1. The SMILES string of the molecule is CCONCC1CCN(C(=O)OCc2ccccc2)CC1.Cl. The summed E-state index contributed by atoms with van der Waals surface area (Å²) in [5.74, 6) is 0.565. The van der Waals surface area contributed by atoms with Gasteiger partial charge in [0.2, 0.25) is 0 Å². The smallest absolute Gasteiger partial charge is 0.410 e. The first kappa shape index (κ1) is 18.7. The molecule has 1 N–H and O–H groups in total. The Balaban J connectivity index is 0.00000242.